The molecule has 0 aliphatic carbocycles. The Morgan fingerprint density at radius 2 is 1.72 bits per heavy atom. The lowest BCUT2D eigenvalue weighted by atomic mass is 10.0. The first-order chi connectivity index (χ1) is 15.6. The van der Waals surface area contributed by atoms with Crippen molar-refractivity contribution >= 4 is 46.1 Å². The number of thioether (sulfide) groups is 2. The molecule has 1 aromatic heterocycles. The summed E-state index contributed by atoms with van der Waals surface area (Å²) in [5.74, 6) is 2.47. The maximum absolute atomic E-state index is 13.2. The fourth-order valence-electron chi connectivity index (χ4n) is 3.87. The molecule has 1 N–H and O–H groups in total. The molecule has 1 aliphatic heterocycles. The molecule has 2 heterocycles. The second-order valence-corrected chi connectivity index (χ2v) is 10.3. The maximum atomic E-state index is 13.2. The van der Waals surface area contributed by atoms with Gasteiger partial charge in [-0.2, -0.15) is 0 Å². The van der Waals surface area contributed by atoms with E-state index >= 15 is 0 Å². The van der Waals surface area contributed by atoms with Crippen LogP contribution < -0.4 is 10.7 Å². The van der Waals surface area contributed by atoms with Gasteiger partial charge in [0.05, 0.1) is 15.5 Å². The highest BCUT2D eigenvalue weighted by molar-refractivity contribution is 8.19. The first kappa shape index (κ1) is 20.9. The van der Waals surface area contributed by atoms with Crippen LogP contribution in [0.3, 0.4) is 0 Å². The highest BCUT2D eigenvalue weighted by Gasteiger charge is 2.20. The molecule has 0 atom stereocenters. The van der Waals surface area contributed by atoms with Gasteiger partial charge in [-0.3, -0.25) is 9.59 Å². The molecule has 0 radical (unpaired) electrons. The first-order valence-electron chi connectivity index (χ1n) is 10.4. The lowest BCUT2D eigenvalue weighted by Crippen LogP contribution is -2.15. The lowest BCUT2D eigenvalue weighted by Gasteiger charge is -2.13. The Morgan fingerprint density at radius 3 is 2.50 bits per heavy atom. The number of benzene rings is 3. The molecule has 0 bridgehead atoms. The fourth-order valence-corrected chi connectivity index (χ4v) is 6.70. The molecule has 1 saturated heterocycles. The zero-order valence-corrected chi connectivity index (χ0v) is 19.1. The molecule has 0 spiro atoms. The van der Waals surface area contributed by atoms with Gasteiger partial charge >= 0.3 is 0 Å². The second-order valence-electron chi connectivity index (χ2n) is 7.59. The number of hydrogen-bond donors (Lipinski definition) is 1. The topological polar surface area (TPSA) is 59.3 Å². The number of hydrogen-bond acceptors (Lipinski definition) is 5. The van der Waals surface area contributed by atoms with E-state index in [1.807, 2.05) is 72.1 Å². The molecule has 6 heteroatoms. The summed E-state index contributed by atoms with van der Waals surface area (Å²) < 4.78 is 6.59. The van der Waals surface area contributed by atoms with Crippen LogP contribution in [0.1, 0.15) is 26.1 Å². The van der Waals surface area contributed by atoms with Gasteiger partial charge in [0.2, 0.25) is 0 Å². The normalized spacial score (nSPS) is 14.0. The predicted octanol–water partition coefficient (Wildman–Crippen LogP) is 6.50. The quantitative estimate of drug-likeness (QED) is 0.377. The van der Waals surface area contributed by atoms with Crippen molar-refractivity contribution in [2.45, 2.75) is 11.5 Å². The van der Waals surface area contributed by atoms with E-state index in [1.165, 1.54) is 5.56 Å². The molecule has 0 unspecified atom stereocenters. The van der Waals surface area contributed by atoms with Crippen LogP contribution in [0.2, 0.25) is 0 Å². The van der Waals surface area contributed by atoms with Gasteiger partial charge < -0.3 is 9.73 Å². The van der Waals surface area contributed by atoms with Gasteiger partial charge in [-0.05, 0) is 36.8 Å². The van der Waals surface area contributed by atoms with Gasteiger partial charge in [0.25, 0.3) is 5.91 Å². The van der Waals surface area contributed by atoms with Crippen molar-refractivity contribution < 1.29 is 9.21 Å². The van der Waals surface area contributed by atoms with Crippen molar-refractivity contribution in [3.63, 3.8) is 0 Å². The minimum Gasteiger partial charge on any atom is -0.455 e. The van der Waals surface area contributed by atoms with E-state index in [9.17, 15) is 9.59 Å². The Bertz CT molecular complexity index is 1360. The van der Waals surface area contributed by atoms with Crippen LogP contribution in [0.15, 0.2) is 82.0 Å². The van der Waals surface area contributed by atoms with Crippen LogP contribution in [0.5, 0.6) is 0 Å². The molecule has 0 saturated carbocycles. The fraction of sp³-hybridized carbons (Fsp3) is 0.154. The van der Waals surface area contributed by atoms with Crippen LogP contribution in [0, 0.1) is 6.92 Å². The molecular weight excluding hydrogens is 438 g/mol. The number of carbonyl (C=O) groups excluding carboxylic acids is 1. The number of anilines is 1. The zero-order valence-electron chi connectivity index (χ0n) is 17.5. The number of fused-ring (bicyclic) bond motifs is 1. The van der Waals surface area contributed by atoms with Crippen LogP contribution in [0.25, 0.3) is 22.3 Å². The van der Waals surface area contributed by atoms with Crippen molar-refractivity contribution in [2.75, 3.05) is 16.8 Å². The Labute approximate surface area is 194 Å². The van der Waals surface area contributed by atoms with E-state index in [4.69, 9.17) is 4.42 Å². The highest BCUT2D eigenvalue weighted by Crippen LogP contribution is 2.45. The summed E-state index contributed by atoms with van der Waals surface area (Å²) in [6.07, 6.45) is 0. The van der Waals surface area contributed by atoms with Crippen molar-refractivity contribution in [1.82, 2.24) is 0 Å². The molecule has 4 aromatic rings. The Hall–Kier alpha value is -2.96. The van der Waals surface area contributed by atoms with Gasteiger partial charge in [0.15, 0.2) is 11.0 Å². The smallest absolute Gasteiger partial charge is 0.259 e. The van der Waals surface area contributed by atoms with Crippen LogP contribution in [-0.2, 0) is 0 Å². The molecule has 3 aromatic carbocycles. The molecule has 32 heavy (non-hydrogen) atoms. The Balaban J connectivity index is 1.54. The molecule has 1 aliphatic rings. The maximum Gasteiger partial charge on any atom is 0.259 e. The van der Waals surface area contributed by atoms with E-state index < -0.39 is 0 Å². The van der Waals surface area contributed by atoms with E-state index in [-0.39, 0.29) is 11.3 Å². The standard InChI is InChI=1S/C26H21NO3S2/c1-16-22(28)20-11-6-12-21(24(20)30-23(16)17-7-3-2-4-8-17)25(29)27-19-10-5-9-18(15-19)26-31-13-14-32-26/h2-12,15,26H,13-14H2,1H3,(H,27,29). The summed E-state index contributed by atoms with van der Waals surface area (Å²) in [5.41, 5.74) is 3.78. The average Bonchev–Trinajstić information content (AvgIpc) is 3.37. The molecule has 160 valence electrons. The van der Waals surface area contributed by atoms with Crippen LogP contribution in [-0.4, -0.2) is 17.4 Å². The van der Waals surface area contributed by atoms with Gasteiger partial charge in [-0.1, -0.05) is 48.5 Å². The molecule has 1 amide bonds. The van der Waals surface area contributed by atoms with Crippen LogP contribution in [0.4, 0.5) is 5.69 Å². The Kier molecular flexibility index (Phi) is 5.81. The first-order valence-corrected chi connectivity index (χ1v) is 12.5. The zero-order chi connectivity index (χ0) is 22.1. The SMILES string of the molecule is Cc1c(-c2ccccc2)oc2c(C(=O)Nc3cccc(C4SCCS4)c3)cccc2c1=O. The monoisotopic (exact) mass is 459 g/mol. The number of amides is 1. The van der Waals surface area contributed by atoms with E-state index in [0.717, 1.165) is 22.8 Å². The van der Waals surface area contributed by atoms with Gasteiger partial charge in [0.1, 0.15) is 5.76 Å². The minimum atomic E-state index is -0.300. The number of carbonyl (C=O) groups is 1. The molecule has 1 fully saturated rings. The van der Waals surface area contributed by atoms with Crippen molar-refractivity contribution in [3.05, 3.63) is 99.7 Å². The second kappa shape index (κ2) is 8.88. The van der Waals surface area contributed by atoms with E-state index in [1.54, 1.807) is 25.1 Å². The van der Waals surface area contributed by atoms with Crippen molar-refractivity contribution in [3.8, 4) is 11.3 Å². The summed E-state index contributed by atoms with van der Waals surface area (Å²) in [7, 11) is 0. The molecule has 5 rings (SSSR count). The third-order valence-electron chi connectivity index (χ3n) is 5.46. The molecule has 4 nitrogen and oxygen atoms in total. The average molecular weight is 460 g/mol. The minimum absolute atomic E-state index is 0.128. The van der Waals surface area contributed by atoms with Gasteiger partial charge in [0, 0.05) is 28.3 Å². The third kappa shape index (κ3) is 3.96. The van der Waals surface area contributed by atoms with Gasteiger partial charge in [-0.25, -0.2) is 0 Å². The summed E-state index contributed by atoms with van der Waals surface area (Å²) in [6.45, 7) is 1.75. The molecular formula is C26H21NO3S2. The van der Waals surface area contributed by atoms with Crippen molar-refractivity contribution in [2.24, 2.45) is 0 Å². The summed E-state index contributed by atoms with van der Waals surface area (Å²) in [6, 6.07) is 22.6. The third-order valence-corrected chi connectivity index (χ3v) is 8.57. The largest absolute Gasteiger partial charge is 0.455 e. The number of para-hydroxylation sites is 1. The summed E-state index contributed by atoms with van der Waals surface area (Å²) in [4.78, 5) is 26.3. The van der Waals surface area contributed by atoms with E-state index in [0.29, 0.717) is 32.4 Å². The lowest BCUT2D eigenvalue weighted by molar-refractivity contribution is 0.102. The highest BCUT2D eigenvalue weighted by atomic mass is 32.2. The number of nitrogens with one attached hydrogen (secondary N) is 1. The predicted molar refractivity (Wildman–Crippen MR) is 135 cm³/mol. The van der Waals surface area contributed by atoms with Crippen LogP contribution >= 0.6 is 23.5 Å². The summed E-state index contributed by atoms with van der Waals surface area (Å²) >= 11 is 3.85. The van der Waals surface area contributed by atoms with Crippen molar-refractivity contribution in [1.29, 1.82) is 0 Å². The van der Waals surface area contributed by atoms with E-state index in [2.05, 4.69) is 11.4 Å². The Morgan fingerprint density at radius 1 is 0.969 bits per heavy atom. The summed E-state index contributed by atoms with van der Waals surface area (Å²) in [5, 5.41) is 3.39. The number of rotatable bonds is 4. The van der Waals surface area contributed by atoms with Gasteiger partial charge in [-0.15, -0.1) is 23.5 Å².